The van der Waals surface area contributed by atoms with Gasteiger partial charge in [0.2, 0.25) is 11.9 Å². The van der Waals surface area contributed by atoms with E-state index in [1.54, 1.807) is 0 Å². The van der Waals surface area contributed by atoms with Crippen molar-refractivity contribution in [2.24, 2.45) is 5.92 Å². The summed E-state index contributed by atoms with van der Waals surface area (Å²) in [6.07, 6.45) is 0. The molecule has 6 nitrogen and oxygen atoms in total. The summed E-state index contributed by atoms with van der Waals surface area (Å²) in [4.78, 5) is 16.9. The molecule has 0 saturated heterocycles. The zero-order chi connectivity index (χ0) is 17.4. The number of carbonyl (C=O) groups excluding carboxylic acids is 1. The number of amides is 1. The number of para-hydroxylation sites is 2. The van der Waals surface area contributed by atoms with Crippen LogP contribution in [-0.2, 0) is 4.79 Å². The first-order valence-electron chi connectivity index (χ1n) is 8.13. The van der Waals surface area contributed by atoms with E-state index in [0.29, 0.717) is 12.6 Å². The van der Waals surface area contributed by atoms with Crippen molar-refractivity contribution in [3.8, 4) is 11.8 Å². The first kappa shape index (κ1) is 15.2. The molecule has 4 rings (SSSR count). The lowest BCUT2D eigenvalue weighted by Crippen LogP contribution is -2.37. The standard InChI is InChI=1S/C19H16N4O2/c1-2-25-13-9-7-12(8-10-13)17-14(11-20)18(24)22-19-21-15-5-3-4-6-16(15)23(17)19/h3-10,14,17H,2H2,1H3,(H,21,22,24). The van der Waals surface area contributed by atoms with Crippen LogP contribution in [0.1, 0.15) is 18.5 Å². The van der Waals surface area contributed by atoms with Crippen molar-refractivity contribution >= 4 is 22.9 Å². The van der Waals surface area contributed by atoms with Gasteiger partial charge in [0.15, 0.2) is 5.92 Å². The van der Waals surface area contributed by atoms with Gasteiger partial charge in [0.05, 0.1) is 29.8 Å². The molecule has 0 radical (unpaired) electrons. The third-order valence-electron chi connectivity index (χ3n) is 4.38. The minimum atomic E-state index is -0.831. The number of rotatable bonds is 3. The van der Waals surface area contributed by atoms with Gasteiger partial charge in [-0.25, -0.2) is 4.98 Å². The molecule has 0 fully saturated rings. The molecule has 1 aliphatic rings. The summed E-state index contributed by atoms with van der Waals surface area (Å²) in [6, 6.07) is 16.9. The van der Waals surface area contributed by atoms with Gasteiger partial charge in [-0.1, -0.05) is 24.3 Å². The smallest absolute Gasteiger partial charge is 0.246 e. The highest BCUT2D eigenvalue weighted by Gasteiger charge is 2.38. The average molecular weight is 332 g/mol. The molecule has 3 aromatic rings. The fourth-order valence-corrected chi connectivity index (χ4v) is 3.29. The fourth-order valence-electron chi connectivity index (χ4n) is 3.29. The normalized spacial score (nSPS) is 19.1. The maximum absolute atomic E-state index is 12.4. The van der Waals surface area contributed by atoms with Crippen molar-refractivity contribution in [2.75, 3.05) is 11.9 Å². The summed E-state index contributed by atoms with van der Waals surface area (Å²) in [5.41, 5.74) is 2.54. The van der Waals surface area contributed by atoms with Crippen LogP contribution in [0, 0.1) is 17.2 Å². The quantitative estimate of drug-likeness (QED) is 0.799. The van der Waals surface area contributed by atoms with Gasteiger partial charge in [-0.15, -0.1) is 0 Å². The summed E-state index contributed by atoms with van der Waals surface area (Å²) < 4.78 is 7.41. The molecule has 2 unspecified atom stereocenters. The number of carbonyl (C=O) groups is 1. The van der Waals surface area contributed by atoms with Crippen LogP contribution in [0.15, 0.2) is 48.5 Å². The molecular weight excluding hydrogens is 316 g/mol. The summed E-state index contributed by atoms with van der Waals surface area (Å²) in [5, 5.41) is 12.3. The number of anilines is 1. The Morgan fingerprint density at radius 3 is 2.72 bits per heavy atom. The third-order valence-corrected chi connectivity index (χ3v) is 4.38. The summed E-state index contributed by atoms with van der Waals surface area (Å²) in [7, 11) is 0. The maximum atomic E-state index is 12.4. The van der Waals surface area contributed by atoms with Crippen LogP contribution in [0.3, 0.4) is 0 Å². The van der Waals surface area contributed by atoms with Gasteiger partial charge in [0, 0.05) is 0 Å². The number of nitrogens with zero attached hydrogens (tertiary/aromatic N) is 3. The molecule has 124 valence electrons. The number of nitrogens with one attached hydrogen (secondary N) is 1. The third kappa shape index (κ3) is 2.41. The molecule has 1 N–H and O–H groups in total. The monoisotopic (exact) mass is 332 g/mol. The van der Waals surface area contributed by atoms with Gasteiger partial charge in [-0.3, -0.25) is 10.1 Å². The highest BCUT2D eigenvalue weighted by Crippen LogP contribution is 2.38. The lowest BCUT2D eigenvalue weighted by Gasteiger charge is -2.30. The molecule has 0 aliphatic carbocycles. The Hall–Kier alpha value is -3.33. The van der Waals surface area contributed by atoms with Gasteiger partial charge < -0.3 is 9.30 Å². The van der Waals surface area contributed by atoms with Crippen LogP contribution in [0.25, 0.3) is 11.0 Å². The first-order valence-corrected chi connectivity index (χ1v) is 8.13. The van der Waals surface area contributed by atoms with E-state index in [-0.39, 0.29) is 5.91 Å². The highest BCUT2D eigenvalue weighted by molar-refractivity contribution is 5.97. The first-order chi connectivity index (χ1) is 12.2. The van der Waals surface area contributed by atoms with Gasteiger partial charge >= 0.3 is 0 Å². The Bertz CT molecular complexity index is 985. The van der Waals surface area contributed by atoms with Gasteiger partial charge in [0.1, 0.15) is 5.75 Å². The molecule has 6 heteroatoms. The van der Waals surface area contributed by atoms with Crippen LogP contribution in [0.4, 0.5) is 5.95 Å². The van der Waals surface area contributed by atoms with Gasteiger partial charge in [-0.05, 0) is 36.8 Å². The molecule has 0 bridgehead atoms. The second kappa shape index (κ2) is 5.95. The van der Waals surface area contributed by atoms with E-state index in [9.17, 15) is 10.1 Å². The molecule has 1 aromatic heterocycles. The number of hydrogen-bond donors (Lipinski definition) is 1. The number of aromatic nitrogens is 2. The zero-order valence-corrected chi connectivity index (χ0v) is 13.6. The molecule has 2 heterocycles. The van der Waals surface area contributed by atoms with Crippen molar-refractivity contribution < 1.29 is 9.53 Å². The molecule has 0 spiro atoms. The summed E-state index contributed by atoms with van der Waals surface area (Å²) >= 11 is 0. The van der Waals surface area contributed by atoms with Crippen molar-refractivity contribution in [1.29, 1.82) is 5.26 Å². The minimum absolute atomic E-state index is 0.329. The Labute approximate surface area is 144 Å². The van der Waals surface area contributed by atoms with E-state index in [0.717, 1.165) is 22.3 Å². The molecule has 1 aliphatic heterocycles. The van der Waals surface area contributed by atoms with Crippen molar-refractivity contribution in [3.63, 3.8) is 0 Å². The maximum Gasteiger partial charge on any atom is 0.246 e. The van der Waals surface area contributed by atoms with E-state index < -0.39 is 12.0 Å². The number of fused-ring (bicyclic) bond motifs is 3. The number of ether oxygens (including phenoxy) is 1. The predicted molar refractivity (Wildman–Crippen MR) is 93.2 cm³/mol. The van der Waals surface area contributed by atoms with E-state index in [4.69, 9.17) is 4.74 Å². The Morgan fingerprint density at radius 2 is 2.00 bits per heavy atom. The van der Waals surface area contributed by atoms with E-state index in [1.807, 2.05) is 60.0 Å². The molecule has 1 amide bonds. The summed E-state index contributed by atoms with van der Waals surface area (Å²) in [5.74, 6) is 0.0690. The zero-order valence-electron chi connectivity index (χ0n) is 13.6. The number of imidazole rings is 1. The van der Waals surface area contributed by atoms with Crippen LogP contribution in [0.5, 0.6) is 5.75 Å². The van der Waals surface area contributed by atoms with Crippen LogP contribution >= 0.6 is 0 Å². The van der Waals surface area contributed by atoms with Crippen LogP contribution in [0.2, 0.25) is 0 Å². The van der Waals surface area contributed by atoms with Crippen molar-refractivity contribution in [1.82, 2.24) is 9.55 Å². The number of benzene rings is 2. The molecule has 0 saturated carbocycles. The van der Waals surface area contributed by atoms with Crippen molar-refractivity contribution in [3.05, 3.63) is 54.1 Å². The molecule has 2 aromatic carbocycles. The molecular formula is C19H16N4O2. The Kier molecular flexibility index (Phi) is 3.62. The number of nitriles is 1. The average Bonchev–Trinajstić information content (AvgIpc) is 2.99. The second-order valence-corrected chi connectivity index (χ2v) is 5.84. The number of hydrogen-bond acceptors (Lipinski definition) is 4. The molecule has 2 atom stereocenters. The van der Waals surface area contributed by atoms with Crippen LogP contribution in [-0.4, -0.2) is 22.1 Å². The van der Waals surface area contributed by atoms with Gasteiger partial charge in [-0.2, -0.15) is 5.26 Å². The lowest BCUT2D eigenvalue weighted by molar-refractivity contribution is -0.119. The highest BCUT2D eigenvalue weighted by atomic mass is 16.5. The second-order valence-electron chi connectivity index (χ2n) is 5.84. The summed E-state index contributed by atoms with van der Waals surface area (Å²) in [6.45, 7) is 2.51. The van der Waals surface area contributed by atoms with E-state index in [2.05, 4.69) is 16.4 Å². The Balaban J connectivity index is 1.90. The fraction of sp³-hybridized carbons (Fsp3) is 0.211. The van der Waals surface area contributed by atoms with Crippen LogP contribution < -0.4 is 10.1 Å². The molecule has 25 heavy (non-hydrogen) atoms. The topological polar surface area (TPSA) is 79.9 Å². The van der Waals surface area contributed by atoms with Crippen molar-refractivity contribution in [2.45, 2.75) is 13.0 Å². The predicted octanol–water partition coefficient (Wildman–Crippen LogP) is 3.12. The minimum Gasteiger partial charge on any atom is -0.494 e. The lowest BCUT2D eigenvalue weighted by atomic mass is 9.91. The van der Waals surface area contributed by atoms with Gasteiger partial charge in [0.25, 0.3) is 0 Å². The van der Waals surface area contributed by atoms with E-state index in [1.165, 1.54) is 0 Å². The Morgan fingerprint density at radius 1 is 1.24 bits per heavy atom. The SMILES string of the molecule is CCOc1ccc(C2C(C#N)C(=O)Nc3nc4ccccc4n32)cc1. The van der Waals surface area contributed by atoms with E-state index >= 15 is 0 Å². The largest absolute Gasteiger partial charge is 0.494 e.